The summed E-state index contributed by atoms with van der Waals surface area (Å²) < 4.78 is 106. The van der Waals surface area contributed by atoms with Gasteiger partial charge in [-0.25, -0.2) is 28.5 Å². The van der Waals surface area contributed by atoms with Crippen molar-refractivity contribution in [3.05, 3.63) is 89.0 Å². The number of hydrogen-bond acceptors (Lipinski definition) is 45. The molecule has 8 aliphatic rings. The van der Waals surface area contributed by atoms with E-state index in [1.165, 1.54) is 26.2 Å². The number of nitrogens with two attached hydrogens (primary N) is 2. The Morgan fingerprint density at radius 1 is 0.456 bits per heavy atom. The summed E-state index contributed by atoms with van der Waals surface area (Å²) in [5.41, 5.74) is 7.17. The number of carbonyl (C=O) groups excluding carboxylic acids is 6. The molecule has 824 valence electrons. The number of Topliss-reactive ketones (excluding diaryl/α,β-unsaturated/α-hetero) is 2. The van der Waals surface area contributed by atoms with E-state index in [4.69, 9.17) is 92.0 Å². The van der Waals surface area contributed by atoms with Gasteiger partial charge in [0.05, 0.1) is 141 Å². The van der Waals surface area contributed by atoms with Gasteiger partial charge in [-0.05, 0) is 90.1 Å². The lowest BCUT2D eigenvalue weighted by atomic mass is 9.78. The van der Waals surface area contributed by atoms with Gasteiger partial charge in [-0.3, -0.25) is 48.3 Å². The van der Waals surface area contributed by atoms with E-state index >= 15 is 0 Å². The number of rotatable bonds is 56. The van der Waals surface area contributed by atoms with E-state index in [1.54, 1.807) is 0 Å². The molecule has 12 unspecified atom stereocenters. The number of aliphatic hydroxyl groups excluding tert-OH is 10. The third-order valence-electron chi connectivity index (χ3n) is 27.5. The molecule has 8 heterocycles. The van der Waals surface area contributed by atoms with Gasteiger partial charge in [0.25, 0.3) is 22.9 Å². The smallest absolute Gasteiger partial charge is 0.332 e. The number of nitrogens with one attached hydrogen (secondary N) is 6. The highest BCUT2D eigenvalue weighted by molar-refractivity contribution is 5.93. The zero-order valence-electron chi connectivity index (χ0n) is 81.7. The van der Waals surface area contributed by atoms with Crippen LogP contribution in [0.15, 0.2) is 43.7 Å². The fraction of sp³-hybridized carbons (Fsp3) is 0.783. The summed E-state index contributed by atoms with van der Waals surface area (Å²) in [4.78, 5) is 170. The van der Waals surface area contributed by atoms with E-state index < -0.39 is 292 Å². The quantitative estimate of drug-likeness (QED) is 0.0144. The predicted octanol–water partition coefficient (Wildman–Crippen LogP) is -6.68. The number of carboxylic acids is 2. The molecule has 4 aliphatic carbocycles. The van der Waals surface area contributed by atoms with Gasteiger partial charge in [-0.15, -0.1) is 10.2 Å². The van der Waals surface area contributed by atoms with Gasteiger partial charge in [0.2, 0.25) is 0 Å². The maximum absolute atomic E-state index is 14.4. The second-order valence-corrected chi connectivity index (χ2v) is 38.3. The standard InChI is InChI=1S/C92H140N14O41/c1-45-71(115)77(121)73(117)65(138-45)43-136-79-53(95-85(123)55-33-67(111)99-91(129)97-55)29-49(57(109)15-9-17-93)31-59(79)142-89-83(81(75(119)63(39-107)144-89)140-61(87(125)126)27-47-11-5-3-6-12-47)146-69(113)37-105-35-51(101-103-105)41-134-25-23-132-21-19-131-20-22-133-24-26-135-42-52-36-106(104-102-52)38-70(114)147-84-82(141-62(88(127)128)28-48-13-7-4-8-14-48)76(120)64(40-108)145-90(84)143-60-32-50(58(110)16-10-18-94)30-54(96-86(124)56-34-68(112)100-92(130)98-56)80(60)137-44-66-74(118)78(122)72(116)46(2)139-66/h33-36,45-50,53-54,59-66,71-84,89-90,107-108,115-122H,3-32,37-44,93-94H2,1-2H3,(H,95,123)(H,96,124)(H,125,126)(H,127,128)(H2,97,99,111,129)(H2,98,100,112,130)/t45?,46?,49?,50?,53?,54?,59-,60-,61+,62+,63+,64+,65+,66+,71-,72-,73?,74?,75+,76+,77+,78+,79-,80-,81?,82?,83?,84?,89-,90-/m1/s1. The lowest BCUT2D eigenvalue weighted by molar-refractivity contribution is -0.333. The molecular formula is C92H140N14O41. The molecular weight excluding hydrogens is 1960 g/mol. The molecule has 4 aromatic heterocycles. The Labute approximate surface area is 840 Å². The van der Waals surface area contributed by atoms with Gasteiger partial charge in [0.15, 0.2) is 37.0 Å². The lowest BCUT2D eigenvalue weighted by Crippen LogP contribution is -2.65. The summed E-state index contributed by atoms with van der Waals surface area (Å²) in [6.07, 6.45) is -32.6. The molecule has 0 spiro atoms. The van der Waals surface area contributed by atoms with E-state index in [-0.39, 0.29) is 178 Å². The highest BCUT2D eigenvalue weighted by atomic mass is 16.7. The van der Waals surface area contributed by atoms with Crippen molar-refractivity contribution in [2.45, 2.75) is 340 Å². The van der Waals surface area contributed by atoms with E-state index in [2.05, 4.69) is 41.2 Å². The van der Waals surface area contributed by atoms with Crippen LogP contribution in [0.3, 0.4) is 0 Å². The van der Waals surface area contributed by atoms with Gasteiger partial charge in [0, 0.05) is 36.8 Å². The zero-order valence-corrected chi connectivity index (χ0v) is 81.7. The molecule has 4 aromatic rings. The number of carboxylic acid groups (broad SMARTS) is 2. The van der Waals surface area contributed by atoms with E-state index in [0.717, 1.165) is 60.0 Å². The molecule has 30 atom stereocenters. The van der Waals surface area contributed by atoms with Crippen molar-refractivity contribution in [1.29, 1.82) is 0 Å². The van der Waals surface area contributed by atoms with Gasteiger partial charge < -0.3 is 174 Å². The Hall–Kier alpha value is -9.28. The van der Waals surface area contributed by atoms with Gasteiger partial charge in [0.1, 0.15) is 145 Å². The molecule has 0 aromatic carbocycles. The van der Waals surface area contributed by atoms with E-state index in [1.807, 2.05) is 9.97 Å². The number of amides is 2. The summed E-state index contributed by atoms with van der Waals surface area (Å²) >= 11 is 0. The van der Waals surface area contributed by atoms with Crippen LogP contribution in [0, 0.1) is 23.7 Å². The molecule has 2 amide bonds. The molecule has 4 aliphatic heterocycles. The predicted molar refractivity (Wildman–Crippen MR) is 494 cm³/mol. The number of carbonyl (C=O) groups is 8. The minimum absolute atomic E-state index is 0.0311. The topological polar surface area (TPSA) is 805 Å². The minimum Gasteiger partial charge on any atom is -0.479 e. The maximum Gasteiger partial charge on any atom is 0.332 e. The number of ether oxygens (including phenoxy) is 17. The molecule has 22 N–H and O–H groups in total. The van der Waals surface area contributed by atoms with Gasteiger partial charge in [-0.2, -0.15) is 0 Å². The monoisotopic (exact) mass is 2100 g/mol. The molecule has 0 radical (unpaired) electrons. The van der Waals surface area contributed by atoms with Crippen LogP contribution >= 0.6 is 0 Å². The fourth-order valence-electron chi connectivity index (χ4n) is 19.7. The number of H-pyrrole nitrogens is 4. The van der Waals surface area contributed by atoms with Crippen molar-refractivity contribution in [2.24, 2.45) is 35.1 Å². The maximum atomic E-state index is 14.4. The van der Waals surface area contributed by atoms with Crippen LogP contribution in [0.1, 0.15) is 175 Å². The summed E-state index contributed by atoms with van der Waals surface area (Å²) in [5, 5.41) is 154. The fourth-order valence-corrected chi connectivity index (χ4v) is 19.7. The molecule has 55 nitrogen and oxygen atoms in total. The Morgan fingerprint density at radius 2 is 0.823 bits per heavy atom. The van der Waals surface area contributed by atoms with Crippen molar-refractivity contribution in [1.82, 2.24) is 60.6 Å². The van der Waals surface area contributed by atoms with Crippen LogP contribution < -0.4 is 44.6 Å². The molecule has 8 fully saturated rings. The SMILES string of the molecule is CC1O[C@@H](CO[C@@H]2C(NC(=O)c3cc(=O)[nH]c(=O)[nH]3)CC(C(=O)CCCN)C[C@H]2O[C@@H]2O[C@@H](CO)[C@H](O)C(O[C@@H](CC3CCCCC3)C(=O)O)C2OC(=O)Cn2cc(COCCOCCOCCOCCOCc3cn(CC(=O)OC4C(O[C@@H](CC5CCCCC5)C(=O)O)[C@@H](O)[C@H](CO)O[C@H]4O[C@@H]4CC(C(=O)CCCN)CC(NC(=O)c5cc(=O)[nH]c(=O)[nH]5)[C@H]4OC[C@@H]4OC(C)[C@@H](O)[C@H](O)C4O)nn3)nn2)C(O)[C@@H](O)[C@@H]1O. The largest absolute Gasteiger partial charge is 0.479 e. The van der Waals surface area contributed by atoms with Crippen LogP contribution in [0.4, 0.5) is 0 Å². The van der Waals surface area contributed by atoms with Crippen LogP contribution in [-0.4, -0.2) is 422 Å². The van der Waals surface area contributed by atoms with Crippen molar-refractivity contribution in [3.8, 4) is 0 Å². The van der Waals surface area contributed by atoms with E-state index in [0.29, 0.717) is 25.7 Å². The van der Waals surface area contributed by atoms with Crippen molar-refractivity contribution in [3.63, 3.8) is 0 Å². The number of aliphatic carboxylic acids is 2. The average Bonchev–Trinajstić information content (AvgIpc) is 0.862. The molecule has 147 heavy (non-hydrogen) atoms. The first-order chi connectivity index (χ1) is 70.6. The molecule has 4 saturated carbocycles. The zero-order chi connectivity index (χ0) is 106. The van der Waals surface area contributed by atoms with Crippen molar-refractivity contribution < 1.29 is 180 Å². The van der Waals surface area contributed by atoms with Crippen LogP contribution in [0.2, 0.25) is 0 Å². The number of hydrogen-bond donors (Lipinski definition) is 20. The summed E-state index contributed by atoms with van der Waals surface area (Å²) in [5.74, 6) is -10.1. The number of aromatic nitrogens is 10. The Bertz CT molecular complexity index is 4720. The third-order valence-corrected chi connectivity index (χ3v) is 27.5. The summed E-state index contributed by atoms with van der Waals surface area (Å²) in [6.45, 7) is -0.693. The Morgan fingerprint density at radius 3 is 1.17 bits per heavy atom. The number of aliphatic hydroxyl groups is 10. The molecule has 55 heteroatoms. The second kappa shape index (κ2) is 57.3. The van der Waals surface area contributed by atoms with Gasteiger partial charge in [-0.1, -0.05) is 74.6 Å². The number of ketones is 2. The highest BCUT2D eigenvalue weighted by Gasteiger charge is 2.57. The van der Waals surface area contributed by atoms with Crippen LogP contribution in [0.25, 0.3) is 0 Å². The van der Waals surface area contributed by atoms with Gasteiger partial charge >= 0.3 is 35.3 Å². The first-order valence-corrected chi connectivity index (χ1v) is 50.0. The number of nitrogens with zero attached hydrogens (tertiary/aromatic N) is 6. The second-order valence-electron chi connectivity index (χ2n) is 38.3. The lowest BCUT2D eigenvalue weighted by Gasteiger charge is -2.48. The molecule has 0 bridgehead atoms. The minimum atomic E-state index is -1.95. The van der Waals surface area contributed by atoms with Crippen LogP contribution in [0.5, 0.6) is 0 Å². The van der Waals surface area contributed by atoms with Crippen molar-refractivity contribution >= 4 is 47.3 Å². The molecule has 12 rings (SSSR count). The first kappa shape index (κ1) is 116. The average molecular weight is 2100 g/mol. The Balaban J connectivity index is 0.625. The van der Waals surface area contributed by atoms with Crippen molar-refractivity contribution in [2.75, 3.05) is 92.4 Å². The number of aromatic amines is 4. The highest BCUT2D eigenvalue weighted by Crippen LogP contribution is 2.42. The third kappa shape index (κ3) is 33.4. The van der Waals surface area contributed by atoms with E-state index in [9.17, 15) is 119 Å². The summed E-state index contributed by atoms with van der Waals surface area (Å²) in [6, 6.07) is -1.03. The molecule has 4 saturated heterocycles. The summed E-state index contributed by atoms with van der Waals surface area (Å²) in [7, 11) is 0. The number of esters is 2. The Kier molecular flexibility index (Phi) is 45.3. The normalized spacial score (nSPS) is 31.4. The van der Waals surface area contributed by atoms with Crippen LogP contribution in [-0.2, 0) is 136 Å². The first-order valence-electron chi connectivity index (χ1n) is 50.0.